The highest BCUT2D eigenvalue weighted by Gasteiger charge is 2.29. The van der Waals surface area contributed by atoms with Crippen molar-refractivity contribution in [2.45, 2.75) is 38.3 Å². The summed E-state index contributed by atoms with van der Waals surface area (Å²) in [5.41, 5.74) is 0. The number of carbonyl (C=O) groups excluding carboxylic acids is 2. The van der Waals surface area contributed by atoms with Crippen LogP contribution in [0, 0.1) is 0 Å². The number of rotatable bonds is 4. The molecule has 6 heteroatoms. The lowest BCUT2D eigenvalue weighted by Crippen LogP contribution is -2.48. The minimum atomic E-state index is -1.06. The fraction of sp³-hybridized carbons (Fsp3) is 0.667. The number of hydrogen-bond donors (Lipinski definition) is 3. The quantitative estimate of drug-likeness (QED) is 0.573. The van der Waals surface area contributed by atoms with E-state index in [1.165, 1.54) is 0 Å². The summed E-state index contributed by atoms with van der Waals surface area (Å²) in [5, 5.41) is 13.6. The van der Waals surface area contributed by atoms with E-state index in [0.29, 0.717) is 19.3 Å². The SMILES string of the molecule is CCC(NC(=O)[C@@H]1CCC(=O)N1)C(=O)O. The van der Waals surface area contributed by atoms with Crippen LogP contribution >= 0.6 is 0 Å². The normalized spacial score (nSPS) is 21.9. The third-order valence-electron chi connectivity index (χ3n) is 2.33. The van der Waals surface area contributed by atoms with Crippen LogP contribution in [0.5, 0.6) is 0 Å². The van der Waals surface area contributed by atoms with Crippen molar-refractivity contribution in [3.63, 3.8) is 0 Å². The summed E-state index contributed by atoms with van der Waals surface area (Å²) in [6.07, 6.45) is 1.07. The van der Waals surface area contributed by atoms with Crippen molar-refractivity contribution >= 4 is 17.8 Å². The molecule has 0 saturated carbocycles. The second-order valence-corrected chi connectivity index (χ2v) is 3.47. The van der Waals surface area contributed by atoms with Gasteiger partial charge in [0, 0.05) is 6.42 Å². The molecule has 1 unspecified atom stereocenters. The first-order chi connectivity index (χ1) is 7.04. The second kappa shape index (κ2) is 4.77. The first-order valence-electron chi connectivity index (χ1n) is 4.87. The molecule has 0 aliphatic carbocycles. The van der Waals surface area contributed by atoms with Crippen LogP contribution in [0.15, 0.2) is 0 Å². The van der Waals surface area contributed by atoms with Crippen LogP contribution < -0.4 is 10.6 Å². The van der Waals surface area contributed by atoms with Crippen molar-refractivity contribution < 1.29 is 19.5 Å². The third-order valence-corrected chi connectivity index (χ3v) is 2.33. The van der Waals surface area contributed by atoms with E-state index in [-0.39, 0.29) is 5.91 Å². The van der Waals surface area contributed by atoms with E-state index in [4.69, 9.17) is 5.11 Å². The van der Waals surface area contributed by atoms with Gasteiger partial charge >= 0.3 is 5.97 Å². The van der Waals surface area contributed by atoms with Gasteiger partial charge in [-0.15, -0.1) is 0 Å². The van der Waals surface area contributed by atoms with E-state index < -0.39 is 24.0 Å². The molecule has 0 aromatic heterocycles. The lowest BCUT2D eigenvalue weighted by Gasteiger charge is -2.15. The highest BCUT2D eigenvalue weighted by molar-refractivity contribution is 5.92. The fourth-order valence-corrected chi connectivity index (χ4v) is 1.42. The third kappa shape index (κ3) is 2.93. The first-order valence-corrected chi connectivity index (χ1v) is 4.87. The summed E-state index contributed by atoms with van der Waals surface area (Å²) in [5.74, 6) is -1.65. The number of carbonyl (C=O) groups is 3. The van der Waals surface area contributed by atoms with Gasteiger partial charge in [0.1, 0.15) is 12.1 Å². The van der Waals surface area contributed by atoms with E-state index >= 15 is 0 Å². The minimum Gasteiger partial charge on any atom is -0.480 e. The zero-order valence-corrected chi connectivity index (χ0v) is 8.45. The molecule has 6 nitrogen and oxygen atoms in total. The summed E-state index contributed by atoms with van der Waals surface area (Å²) in [6.45, 7) is 1.67. The molecule has 0 aromatic carbocycles. The maximum absolute atomic E-state index is 11.5. The molecule has 1 fully saturated rings. The zero-order valence-electron chi connectivity index (χ0n) is 8.45. The number of aliphatic carboxylic acids is 1. The molecular weight excluding hydrogens is 200 g/mol. The Morgan fingerprint density at radius 3 is 2.73 bits per heavy atom. The Kier molecular flexibility index (Phi) is 3.65. The number of carboxylic acids is 1. The fourth-order valence-electron chi connectivity index (χ4n) is 1.42. The average molecular weight is 214 g/mol. The Hall–Kier alpha value is -1.59. The van der Waals surface area contributed by atoms with Crippen LogP contribution in [-0.4, -0.2) is 35.0 Å². The molecular formula is C9H14N2O4. The van der Waals surface area contributed by atoms with E-state index in [0.717, 1.165) is 0 Å². The van der Waals surface area contributed by atoms with Crippen molar-refractivity contribution in [3.05, 3.63) is 0 Å². The summed E-state index contributed by atoms with van der Waals surface area (Å²) in [4.78, 5) is 33.0. The second-order valence-electron chi connectivity index (χ2n) is 3.47. The molecule has 1 rings (SSSR count). The van der Waals surface area contributed by atoms with Gasteiger partial charge in [0.05, 0.1) is 0 Å². The highest BCUT2D eigenvalue weighted by Crippen LogP contribution is 2.06. The minimum absolute atomic E-state index is 0.168. The lowest BCUT2D eigenvalue weighted by atomic mass is 10.1. The Labute approximate surface area is 87.0 Å². The van der Waals surface area contributed by atoms with Gasteiger partial charge in [0.15, 0.2) is 0 Å². The Morgan fingerprint density at radius 1 is 1.67 bits per heavy atom. The van der Waals surface area contributed by atoms with E-state index in [9.17, 15) is 14.4 Å². The van der Waals surface area contributed by atoms with Crippen LogP contribution in [0.25, 0.3) is 0 Å². The van der Waals surface area contributed by atoms with Crippen LogP contribution in [-0.2, 0) is 14.4 Å². The van der Waals surface area contributed by atoms with Gasteiger partial charge in [0.25, 0.3) is 0 Å². The monoisotopic (exact) mass is 214 g/mol. The predicted octanol–water partition coefficient (Wildman–Crippen LogP) is -0.756. The Morgan fingerprint density at radius 2 is 2.33 bits per heavy atom. The summed E-state index contributed by atoms with van der Waals surface area (Å²) in [6, 6.07) is -1.46. The van der Waals surface area contributed by atoms with Gasteiger partial charge in [-0.3, -0.25) is 9.59 Å². The van der Waals surface area contributed by atoms with Gasteiger partial charge in [-0.05, 0) is 12.8 Å². The van der Waals surface area contributed by atoms with Crippen molar-refractivity contribution in [3.8, 4) is 0 Å². The van der Waals surface area contributed by atoms with Crippen LogP contribution in [0.4, 0.5) is 0 Å². The van der Waals surface area contributed by atoms with Gasteiger partial charge in [0.2, 0.25) is 11.8 Å². The van der Waals surface area contributed by atoms with Crippen molar-refractivity contribution in [2.75, 3.05) is 0 Å². The number of carboxylic acid groups (broad SMARTS) is 1. The van der Waals surface area contributed by atoms with Crippen molar-refractivity contribution in [1.82, 2.24) is 10.6 Å². The number of nitrogens with one attached hydrogen (secondary N) is 2. The summed E-state index contributed by atoms with van der Waals surface area (Å²) in [7, 11) is 0. The van der Waals surface area contributed by atoms with E-state index in [2.05, 4.69) is 10.6 Å². The zero-order chi connectivity index (χ0) is 11.4. The van der Waals surface area contributed by atoms with Crippen molar-refractivity contribution in [1.29, 1.82) is 0 Å². The molecule has 0 radical (unpaired) electrons. The number of hydrogen-bond acceptors (Lipinski definition) is 3. The predicted molar refractivity (Wildman–Crippen MR) is 51.0 cm³/mol. The molecule has 0 spiro atoms. The molecule has 3 N–H and O–H groups in total. The molecule has 1 heterocycles. The average Bonchev–Trinajstić information content (AvgIpc) is 2.60. The highest BCUT2D eigenvalue weighted by atomic mass is 16.4. The molecule has 1 aliphatic heterocycles. The standard InChI is InChI=1S/C9H14N2O4/c1-2-5(9(14)15)11-8(13)6-3-4-7(12)10-6/h5-6H,2-4H2,1H3,(H,10,12)(H,11,13)(H,14,15)/t5?,6-/m0/s1. The Bertz CT molecular complexity index is 290. The molecule has 0 bridgehead atoms. The topological polar surface area (TPSA) is 95.5 Å². The lowest BCUT2D eigenvalue weighted by molar-refractivity contribution is -0.142. The molecule has 1 aliphatic rings. The van der Waals surface area contributed by atoms with Crippen LogP contribution in [0.3, 0.4) is 0 Å². The van der Waals surface area contributed by atoms with Gasteiger partial charge in [-0.2, -0.15) is 0 Å². The van der Waals surface area contributed by atoms with Gasteiger partial charge in [-0.25, -0.2) is 4.79 Å². The molecule has 2 amide bonds. The van der Waals surface area contributed by atoms with E-state index in [1.54, 1.807) is 6.92 Å². The summed E-state index contributed by atoms with van der Waals surface area (Å²) < 4.78 is 0. The van der Waals surface area contributed by atoms with Crippen LogP contribution in [0.1, 0.15) is 26.2 Å². The first kappa shape index (κ1) is 11.5. The molecule has 2 atom stereocenters. The summed E-state index contributed by atoms with van der Waals surface area (Å²) >= 11 is 0. The van der Waals surface area contributed by atoms with E-state index in [1.807, 2.05) is 0 Å². The molecule has 0 aromatic rings. The van der Waals surface area contributed by atoms with Gasteiger partial charge in [-0.1, -0.05) is 6.92 Å². The Balaban J connectivity index is 2.47. The number of amides is 2. The van der Waals surface area contributed by atoms with Crippen LogP contribution in [0.2, 0.25) is 0 Å². The smallest absolute Gasteiger partial charge is 0.326 e. The largest absolute Gasteiger partial charge is 0.480 e. The maximum Gasteiger partial charge on any atom is 0.326 e. The maximum atomic E-state index is 11.5. The molecule has 1 saturated heterocycles. The molecule has 15 heavy (non-hydrogen) atoms. The van der Waals surface area contributed by atoms with Gasteiger partial charge < -0.3 is 15.7 Å². The van der Waals surface area contributed by atoms with Crippen molar-refractivity contribution in [2.24, 2.45) is 0 Å². The molecule has 84 valence electrons.